The Labute approximate surface area is 115 Å². The van der Waals surface area contributed by atoms with E-state index in [1.54, 1.807) is 6.08 Å². The van der Waals surface area contributed by atoms with E-state index in [1.165, 1.54) is 0 Å². The van der Waals surface area contributed by atoms with E-state index in [9.17, 15) is 9.59 Å². The first-order valence-corrected chi connectivity index (χ1v) is 6.72. The van der Waals surface area contributed by atoms with Crippen LogP contribution < -0.4 is 10.6 Å². The van der Waals surface area contributed by atoms with Crippen LogP contribution in [0.3, 0.4) is 0 Å². The van der Waals surface area contributed by atoms with Gasteiger partial charge in [-0.05, 0) is 31.6 Å². The Morgan fingerprint density at radius 1 is 1.32 bits per heavy atom. The van der Waals surface area contributed by atoms with Gasteiger partial charge in [-0.1, -0.05) is 19.9 Å². The molecule has 0 aromatic carbocycles. The molecule has 0 aromatic rings. The van der Waals surface area contributed by atoms with Gasteiger partial charge in [0.25, 0.3) is 0 Å². The highest BCUT2D eigenvalue weighted by Gasteiger charge is 2.16. The zero-order chi connectivity index (χ0) is 14.8. The maximum absolute atomic E-state index is 11.6. The number of nitrogens with one attached hydrogen (secondary N) is 2. The third-order valence-corrected chi connectivity index (χ3v) is 2.72. The molecular weight excluding hydrogens is 244 g/mol. The highest BCUT2D eigenvalue weighted by atomic mass is 16.4. The van der Waals surface area contributed by atoms with Crippen LogP contribution in [0, 0.1) is 11.8 Å². The zero-order valence-corrected chi connectivity index (χ0v) is 12.1. The maximum atomic E-state index is 11.6. The van der Waals surface area contributed by atoms with Crippen LogP contribution >= 0.6 is 0 Å². The fourth-order valence-electron chi connectivity index (χ4n) is 1.97. The Bertz CT molecular complexity index is 303. The van der Waals surface area contributed by atoms with Gasteiger partial charge in [-0.2, -0.15) is 0 Å². The Morgan fingerprint density at radius 2 is 1.95 bits per heavy atom. The molecule has 110 valence electrons. The molecular formula is C14H26N2O3. The van der Waals surface area contributed by atoms with Gasteiger partial charge < -0.3 is 15.7 Å². The highest BCUT2D eigenvalue weighted by molar-refractivity contribution is 5.74. The minimum atomic E-state index is -0.826. The van der Waals surface area contributed by atoms with E-state index in [0.717, 1.165) is 6.42 Å². The molecule has 0 aliphatic rings. The SMILES string of the molecule is C=CCC(C)NC(=O)NCC(CC(=O)O)CC(C)C. The number of hydrogen-bond donors (Lipinski definition) is 3. The Kier molecular flexibility index (Phi) is 8.66. The first kappa shape index (κ1) is 17.5. The van der Waals surface area contributed by atoms with Crippen LogP contribution in [-0.2, 0) is 4.79 Å². The van der Waals surface area contributed by atoms with Gasteiger partial charge in [-0.15, -0.1) is 6.58 Å². The largest absolute Gasteiger partial charge is 0.481 e. The summed E-state index contributed by atoms with van der Waals surface area (Å²) in [6.45, 7) is 9.97. The maximum Gasteiger partial charge on any atom is 0.315 e. The quantitative estimate of drug-likeness (QED) is 0.563. The molecule has 5 nitrogen and oxygen atoms in total. The molecule has 0 rings (SSSR count). The van der Waals surface area contributed by atoms with E-state index < -0.39 is 5.97 Å². The molecule has 0 aliphatic carbocycles. The van der Waals surface area contributed by atoms with Crippen molar-refractivity contribution in [2.45, 2.75) is 46.1 Å². The minimum Gasteiger partial charge on any atom is -0.481 e. The normalized spacial score (nSPS) is 13.7. The second-order valence-corrected chi connectivity index (χ2v) is 5.37. The van der Waals surface area contributed by atoms with Crippen molar-refractivity contribution in [3.05, 3.63) is 12.7 Å². The van der Waals surface area contributed by atoms with Gasteiger partial charge in [0.15, 0.2) is 0 Å². The summed E-state index contributed by atoms with van der Waals surface area (Å²) >= 11 is 0. The second-order valence-electron chi connectivity index (χ2n) is 5.37. The van der Waals surface area contributed by atoms with Crippen LogP contribution in [0.15, 0.2) is 12.7 Å². The molecule has 19 heavy (non-hydrogen) atoms. The third kappa shape index (κ3) is 10.1. The summed E-state index contributed by atoms with van der Waals surface area (Å²) < 4.78 is 0. The number of carbonyl (C=O) groups excluding carboxylic acids is 1. The molecule has 0 aromatic heterocycles. The molecule has 0 saturated carbocycles. The fraction of sp³-hybridized carbons (Fsp3) is 0.714. The summed E-state index contributed by atoms with van der Waals surface area (Å²) in [7, 11) is 0. The molecule has 0 fully saturated rings. The van der Waals surface area contributed by atoms with Crippen LogP contribution in [0.5, 0.6) is 0 Å². The lowest BCUT2D eigenvalue weighted by Gasteiger charge is -2.19. The lowest BCUT2D eigenvalue weighted by molar-refractivity contribution is -0.138. The first-order chi connectivity index (χ1) is 8.85. The zero-order valence-electron chi connectivity index (χ0n) is 12.1. The smallest absolute Gasteiger partial charge is 0.315 e. The second kappa shape index (κ2) is 9.42. The lowest BCUT2D eigenvalue weighted by Crippen LogP contribution is -2.42. The van der Waals surface area contributed by atoms with Crippen molar-refractivity contribution in [2.75, 3.05) is 6.54 Å². The molecule has 0 heterocycles. The third-order valence-electron chi connectivity index (χ3n) is 2.72. The Morgan fingerprint density at radius 3 is 2.42 bits per heavy atom. The summed E-state index contributed by atoms with van der Waals surface area (Å²) in [5.74, 6) is -0.445. The topological polar surface area (TPSA) is 78.4 Å². The summed E-state index contributed by atoms with van der Waals surface area (Å²) in [4.78, 5) is 22.4. The molecule has 3 N–H and O–H groups in total. The highest BCUT2D eigenvalue weighted by Crippen LogP contribution is 2.14. The summed E-state index contributed by atoms with van der Waals surface area (Å²) in [6.07, 6.45) is 3.32. The van der Waals surface area contributed by atoms with Crippen LogP contribution in [0.2, 0.25) is 0 Å². The van der Waals surface area contributed by atoms with Crippen molar-refractivity contribution in [3.63, 3.8) is 0 Å². The molecule has 2 unspecified atom stereocenters. The molecule has 0 spiro atoms. The number of hydrogen-bond acceptors (Lipinski definition) is 2. The van der Waals surface area contributed by atoms with Crippen molar-refractivity contribution in [1.82, 2.24) is 10.6 Å². The van der Waals surface area contributed by atoms with E-state index in [-0.39, 0.29) is 24.4 Å². The number of carboxylic acid groups (broad SMARTS) is 1. The summed E-state index contributed by atoms with van der Waals surface area (Å²) in [6, 6.07) is -0.228. The average Bonchev–Trinajstić information content (AvgIpc) is 2.24. The van der Waals surface area contributed by atoms with Crippen LogP contribution in [0.25, 0.3) is 0 Å². The van der Waals surface area contributed by atoms with Gasteiger partial charge in [0.2, 0.25) is 0 Å². The van der Waals surface area contributed by atoms with Crippen LogP contribution in [0.4, 0.5) is 4.79 Å². The van der Waals surface area contributed by atoms with E-state index in [1.807, 2.05) is 20.8 Å². The molecule has 2 amide bonds. The lowest BCUT2D eigenvalue weighted by atomic mass is 9.94. The molecule has 2 atom stereocenters. The predicted octanol–water partition coefficient (Wildman–Crippen LogP) is 2.39. The number of aliphatic carboxylic acids is 1. The van der Waals surface area contributed by atoms with Crippen molar-refractivity contribution < 1.29 is 14.7 Å². The van der Waals surface area contributed by atoms with Crippen molar-refractivity contribution in [1.29, 1.82) is 0 Å². The minimum absolute atomic E-state index is 0.0283. The van der Waals surface area contributed by atoms with Crippen molar-refractivity contribution in [3.8, 4) is 0 Å². The van der Waals surface area contributed by atoms with Gasteiger partial charge in [0.05, 0.1) is 0 Å². The van der Waals surface area contributed by atoms with E-state index in [0.29, 0.717) is 18.9 Å². The number of amides is 2. The van der Waals surface area contributed by atoms with Gasteiger partial charge in [0, 0.05) is 19.0 Å². The van der Waals surface area contributed by atoms with Crippen LogP contribution in [-0.4, -0.2) is 29.7 Å². The number of rotatable bonds is 9. The van der Waals surface area contributed by atoms with Crippen LogP contribution in [0.1, 0.15) is 40.0 Å². The average molecular weight is 270 g/mol. The van der Waals surface area contributed by atoms with Gasteiger partial charge in [0.1, 0.15) is 0 Å². The fourth-order valence-corrected chi connectivity index (χ4v) is 1.97. The van der Waals surface area contributed by atoms with E-state index in [4.69, 9.17) is 5.11 Å². The number of urea groups is 1. The van der Waals surface area contributed by atoms with Gasteiger partial charge in [-0.25, -0.2) is 4.79 Å². The van der Waals surface area contributed by atoms with Gasteiger partial charge >= 0.3 is 12.0 Å². The Hall–Kier alpha value is -1.52. The van der Waals surface area contributed by atoms with E-state index in [2.05, 4.69) is 17.2 Å². The molecule has 0 radical (unpaired) electrons. The van der Waals surface area contributed by atoms with Crippen molar-refractivity contribution >= 4 is 12.0 Å². The summed E-state index contributed by atoms with van der Waals surface area (Å²) in [5, 5.41) is 14.3. The van der Waals surface area contributed by atoms with Crippen molar-refractivity contribution in [2.24, 2.45) is 11.8 Å². The molecule has 0 saturated heterocycles. The molecule has 5 heteroatoms. The van der Waals surface area contributed by atoms with E-state index >= 15 is 0 Å². The molecule has 0 bridgehead atoms. The number of carboxylic acids is 1. The monoisotopic (exact) mass is 270 g/mol. The molecule has 0 aliphatic heterocycles. The Balaban J connectivity index is 4.11. The predicted molar refractivity (Wildman–Crippen MR) is 76.0 cm³/mol. The first-order valence-electron chi connectivity index (χ1n) is 6.72. The number of carbonyl (C=O) groups is 2. The standard InChI is InChI=1S/C14H26N2O3/c1-5-6-11(4)16-14(19)15-9-12(7-10(2)3)8-13(17)18/h5,10-12H,1,6-9H2,2-4H3,(H,17,18)(H2,15,16,19). The summed E-state index contributed by atoms with van der Waals surface area (Å²) in [5.41, 5.74) is 0. The van der Waals surface area contributed by atoms with Gasteiger partial charge in [-0.3, -0.25) is 4.79 Å².